The molecule has 0 spiro atoms. The second-order valence-corrected chi connectivity index (χ2v) is 9.89. The summed E-state index contributed by atoms with van der Waals surface area (Å²) in [5.41, 5.74) is 1.12. The van der Waals surface area contributed by atoms with Gasteiger partial charge in [0.15, 0.2) is 0 Å². The monoisotopic (exact) mass is 338 g/mol. The van der Waals surface area contributed by atoms with Gasteiger partial charge in [-0.25, -0.2) is 0 Å². The molecule has 0 aromatic carbocycles. The Labute approximate surface area is 145 Å². The zero-order chi connectivity index (χ0) is 16.6. The highest BCUT2D eigenvalue weighted by molar-refractivity contribution is 6.30. The number of halogens is 1. The summed E-state index contributed by atoms with van der Waals surface area (Å²) in [5.74, 6) is 2.05. The van der Waals surface area contributed by atoms with E-state index in [1.165, 1.54) is 24.8 Å². The number of aliphatic hydroxyl groups excluding tert-OH is 1. The second-order valence-electron chi connectivity index (χ2n) is 9.48. The van der Waals surface area contributed by atoms with Gasteiger partial charge in [-0.05, 0) is 92.4 Å². The molecule has 4 aliphatic rings. The Bertz CT molecular complexity index is 554. The molecule has 4 aliphatic carbocycles. The predicted molar refractivity (Wildman–Crippen MR) is 93.1 cm³/mol. The third-order valence-electron chi connectivity index (χ3n) is 8.75. The Kier molecular flexibility index (Phi) is 3.56. The summed E-state index contributed by atoms with van der Waals surface area (Å²) in [6, 6.07) is 0. The average molecular weight is 339 g/mol. The highest BCUT2D eigenvalue weighted by atomic mass is 35.5. The van der Waals surface area contributed by atoms with Crippen LogP contribution >= 0.6 is 11.6 Å². The standard InChI is InChI=1S/C20H31ClO2/c1-18-9-8-16(22)17(21)15(18)5-4-12-13(18)6-10-19(2)14(12)7-11-20(19,3)23/h12-14,16,22-23H,4-11H2,1-3H3/t12-,13+,14+,16+,18-,19+,20+/m1/s1. The van der Waals surface area contributed by atoms with Gasteiger partial charge in [-0.2, -0.15) is 0 Å². The van der Waals surface area contributed by atoms with E-state index in [0.717, 1.165) is 43.1 Å². The van der Waals surface area contributed by atoms with Crippen LogP contribution in [0.25, 0.3) is 0 Å². The molecule has 2 nitrogen and oxygen atoms in total. The molecule has 3 heteroatoms. The molecule has 3 fully saturated rings. The Balaban J connectivity index is 1.71. The van der Waals surface area contributed by atoms with Crippen molar-refractivity contribution in [2.24, 2.45) is 28.6 Å². The molecule has 0 aromatic rings. The van der Waals surface area contributed by atoms with E-state index in [4.69, 9.17) is 11.6 Å². The molecular weight excluding hydrogens is 308 g/mol. The third kappa shape index (κ3) is 2.01. The van der Waals surface area contributed by atoms with Crippen molar-refractivity contribution >= 4 is 11.6 Å². The molecular formula is C20H31ClO2. The SMILES string of the molecule is C[C@]12CC[C@H](O)C(Cl)=C1CC[C@@H]1[C@@H]2CC[C@@]2(C)[C@H]1CC[C@]2(C)O. The van der Waals surface area contributed by atoms with Crippen LogP contribution in [0, 0.1) is 28.6 Å². The first kappa shape index (κ1) is 16.4. The minimum atomic E-state index is -0.500. The van der Waals surface area contributed by atoms with Crippen molar-refractivity contribution in [2.45, 2.75) is 83.8 Å². The number of hydrogen-bond donors (Lipinski definition) is 2. The summed E-state index contributed by atoms with van der Waals surface area (Å²) >= 11 is 6.54. The Morgan fingerprint density at radius 1 is 0.957 bits per heavy atom. The number of aliphatic hydroxyl groups is 2. The lowest BCUT2D eigenvalue weighted by Crippen LogP contribution is -2.54. The van der Waals surface area contributed by atoms with E-state index in [1.807, 2.05) is 0 Å². The minimum absolute atomic E-state index is 0.0870. The van der Waals surface area contributed by atoms with Gasteiger partial charge in [0, 0.05) is 5.03 Å². The van der Waals surface area contributed by atoms with Crippen LogP contribution in [-0.2, 0) is 0 Å². The molecule has 0 amide bonds. The summed E-state index contributed by atoms with van der Waals surface area (Å²) in [4.78, 5) is 0. The van der Waals surface area contributed by atoms with Crippen LogP contribution in [0.1, 0.15) is 72.1 Å². The van der Waals surface area contributed by atoms with Gasteiger partial charge in [-0.3, -0.25) is 0 Å². The molecule has 3 saturated carbocycles. The quantitative estimate of drug-likeness (QED) is 0.676. The van der Waals surface area contributed by atoms with Crippen molar-refractivity contribution < 1.29 is 10.2 Å². The molecule has 0 radical (unpaired) electrons. The van der Waals surface area contributed by atoms with Crippen molar-refractivity contribution in [3.05, 3.63) is 10.6 Å². The van der Waals surface area contributed by atoms with Gasteiger partial charge in [-0.15, -0.1) is 0 Å². The molecule has 4 rings (SSSR count). The molecule has 0 saturated heterocycles. The highest BCUT2D eigenvalue weighted by Crippen LogP contribution is 2.68. The van der Waals surface area contributed by atoms with E-state index < -0.39 is 11.7 Å². The fourth-order valence-electron chi connectivity index (χ4n) is 7.04. The predicted octanol–water partition coefficient (Wildman–Crippen LogP) is 4.63. The van der Waals surface area contributed by atoms with Crippen LogP contribution in [-0.4, -0.2) is 21.9 Å². The molecule has 0 bridgehead atoms. The maximum Gasteiger partial charge on any atom is 0.0895 e. The van der Waals surface area contributed by atoms with E-state index in [-0.39, 0.29) is 10.8 Å². The topological polar surface area (TPSA) is 40.5 Å². The van der Waals surface area contributed by atoms with Crippen molar-refractivity contribution in [1.82, 2.24) is 0 Å². The smallest absolute Gasteiger partial charge is 0.0895 e. The lowest BCUT2D eigenvalue weighted by Gasteiger charge is -2.59. The van der Waals surface area contributed by atoms with Gasteiger partial charge in [0.05, 0.1) is 11.7 Å². The normalized spacial score (nSPS) is 56.1. The van der Waals surface area contributed by atoms with Crippen molar-refractivity contribution in [3.8, 4) is 0 Å². The first-order valence-corrected chi connectivity index (χ1v) is 9.88. The first-order valence-electron chi connectivity index (χ1n) is 9.50. The van der Waals surface area contributed by atoms with E-state index in [2.05, 4.69) is 20.8 Å². The fourth-order valence-corrected chi connectivity index (χ4v) is 7.46. The van der Waals surface area contributed by atoms with Crippen LogP contribution in [0.3, 0.4) is 0 Å². The molecule has 2 N–H and O–H groups in total. The summed E-state index contributed by atoms with van der Waals surface area (Å²) in [5, 5.41) is 21.9. The van der Waals surface area contributed by atoms with Crippen molar-refractivity contribution in [2.75, 3.05) is 0 Å². The van der Waals surface area contributed by atoms with Gasteiger partial charge in [0.1, 0.15) is 0 Å². The lowest BCUT2D eigenvalue weighted by atomic mass is 9.46. The number of fused-ring (bicyclic) bond motifs is 5. The highest BCUT2D eigenvalue weighted by Gasteiger charge is 2.62. The maximum atomic E-state index is 10.9. The number of allylic oxidation sites excluding steroid dienone is 1. The molecule has 0 aliphatic heterocycles. The van der Waals surface area contributed by atoms with E-state index in [1.54, 1.807) is 0 Å². The van der Waals surface area contributed by atoms with Gasteiger partial charge in [0.2, 0.25) is 0 Å². The third-order valence-corrected chi connectivity index (χ3v) is 9.23. The summed E-state index contributed by atoms with van der Waals surface area (Å²) in [6.07, 6.45) is 8.15. The van der Waals surface area contributed by atoms with Crippen LogP contribution < -0.4 is 0 Å². The summed E-state index contributed by atoms with van der Waals surface area (Å²) < 4.78 is 0. The largest absolute Gasteiger partial charge is 0.390 e. The lowest BCUT2D eigenvalue weighted by molar-refractivity contribution is -0.119. The molecule has 7 atom stereocenters. The number of hydrogen-bond acceptors (Lipinski definition) is 2. The van der Waals surface area contributed by atoms with Crippen molar-refractivity contribution in [3.63, 3.8) is 0 Å². The average Bonchev–Trinajstić information content (AvgIpc) is 2.74. The summed E-state index contributed by atoms with van der Waals surface area (Å²) in [6.45, 7) is 6.81. The summed E-state index contributed by atoms with van der Waals surface area (Å²) in [7, 11) is 0. The van der Waals surface area contributed by atoms with E-state index in [0.29, 0.717) is 11.8 Å². The maximum absolute atomic E-state index is 10.9. The van der Waals surface area contributed by atoms with Crippen LogP contribution in [0.15, 0.2) is 10.6 Å². The molecule has 0 heterocycles. The number of rotatable bonds is 0. The zero-order valence-corrected chi connectivity index (χ0v) is 15.5. The van der Waals surface area contributed by atoms with Crippen LogP contribution in [0.2, 0.25) is 0 Å². The Morgan fingerprint density at radius 3 is 2.39 bits per heavy atom. The second kappa shape index (κ2) is 4.99. The van der Waals surface area contributed by atoms with Gasteiger partial charge >= 0.3 is 0 Å². The van der Waals surface area contributed by atoms with Crippen LogP contribution in [0.4, 0.5) is 0 Å². The molecule has 130 valence electrons. The zero-order valence-electron chi connectivity index (χ0n) is 14.7. The first-order chi connectivity index (χ1) is 10.7. The van der Waals surface area contributed by atoms with E-state index in [9.17, 15) is 10.2 Å². The minimum Gasteiger partial charge on any atom is -0.390 e. The molecule has 23 heavy (non-hydrogen) atoms. The fraction of sp³-hybridized carbons (Fsp3) is 0.900. The molecule has 0 unspecified atom stereocenters. The van der Waals surface area contributed by atoms with Crippen molar-refractivity contribution in [1.29, 1.82) is 0 Å². The van der Waals surface area contributed by atoms with Gasteiger partial charge in [-0.1, -0.05) is 25.4 Å². The Morgan fingerprint density at radius 2 is 1.65 bits per heavy atom. The van der Waals surface area contributed by atoms with E-state index >= 15 is 0 Å². The van der Waals surface area contributed by atoms with Gasteiger partial charge in [0.25, 0.3) is 0 Å². The van der Waals surface area contributed by atoms with Crippen LogP contribution in [0.5, 0.6) is 0 Å². The Hall–Kier alpha value is -0.0500. The molecule has 0 aromatic heterocycles. The van der Waals surface area contributed by atoms with Gasteiger partial charge < -0.3 is 10.2 Å².